The molecule has 0 unspecified atom stereocenters. The Bertz CT molecular complexity index is 2020. The van der Waals surface area contributed by atoms with Crippen LogP contribution in [0.2, 0.25) is 0 Å². The van der Waals surface area contributed by atoms with Crippen molar-refractivity contribution in [3.8, 4) is 11.3 Å². The van der Waals surface area contributed by atoms with Gasteiger partial charge >= 0.3 is 0 Å². The maximum atomic E-state index is 12.3. The van der Waals surface area contributed by atoms with Gasteiger partial charge in [-0.05, 0) is 48.5 Å². The van der Waals surface area contributed by atoms with Gasteiger partial charge in [-0.3, -0.25) is 0 Å². The molecule has 0 radical (unpaired) electrons. The summed E-state index contributed by atoms with van der Waals surface area (Å²) in [5, 5.41) is 19.8. The van der Waals surface area contributed by atoms with E-state index in [1.54, 1.807) is 12.1 Å². The van der Waals surface area contributed by atoms with Gasteiger partial charge in [0.15, 0.2) is 5.82 Å². The summed E-state index contributed by atoms with van der Waals surface area (Å²) in [4.78, 5) is 10.3. The maximum Gasteiger partial charge on any atom is 0.285 e. The van der Waals surface area contributed by atoms with Gasteiger partial charge in [0.2, 0.25) is 11.9 Å². The van der Waals surface area contributed by atoms with Crippen LogP contribution in [-0.4, -0.2) is 39.8 Å². The second-order valence-corrected chi connectivity index (χ2v) is 11.6. The molecule has 0 aliphatic carbocycles. The quantitative estimate of drug-likeness (QED) is 0.154. The van der Waals surface area contributed by atoms with Crippen molar-refractivity contribution in [3.63, 3.8) is 0 Å². The number of rotatable bonds is 7. The Morgan fingerprint density at radius 1 is 0.854 bits per heavy atom. The molecule has 204 valence electrons. The van der Waals surface area contributed by atoms with Crippen molar-refractivity contribution in [1.29, 1.82) is 0 Å². The van der Waals surface area contributed by atoms with Crippen molar-refractivity contribution < 1.29 is 8.42 Å². The Balaban J connectivity index is 1.43. The highest BCUT2D eigenvalue weighted by molar-refractivity contribution is 7.90. The molecule has 0 bridgehead atoms. The van der Waals surface area contributed by atoms with E-state index < -0.39 is 16.0 Å². The minimum absolute atomic E-state index is 0.0549. The number of fused-ring (bicyclic) bond motifs is 3. The van der Waals surface area contributed by atoms with E-state index in [0.29, 0.717) is 38.2 Å². The predicted molar refractivity (Wildman–Crippen MR) is 161 cm³/mol. The molecule has 0 spiro atoms. The minimum Gasteiger partial charge on any atom is -0.369 e. The van der Waals surface area contributed by atoms with Crippen LogP contribution in [-0.2, 0) is 10.0 Å². The number of thiophene rings is 1. The first-order valence-electron chi connectivity index (χ1n) is 12.2. The number of aryl methyl sites for hydroxylation is 1. The summed E-state index contributed by atoms with van der Waals surface area (Å²) in [6.07, 6.45) is 0. The van der Waals surface area contributed by atoms with E-state index in [0.717, 1.165) is 22.2 Å². The van der Waals surface area contributed by atoms with Crippen molar-refractivity contribution in [2.24, 2.45) is 15.9 Å². The van der Waals surface area contributed by atoms with E-state index in [9.17, 15) is 8.42 Å². The van der Waals surface area contributed by atoms with Crippen LogP contribution in [0.4, 0.5) is 23.1 Å². The molecule has 6 rings (SSSR count). The Morgan fingerprint density at radius 3 is 2.24 bits per heavy atom. The number of hydrogen-bond donors (Lipinski definition) is 4. The smallest absolute Gasteiger partial charge is 0.285 e. The summed E-state index contributed by atoms with van der Waals surface area (Å²) in [7, 11) is -4.01. The van der Waals surface area contributed by atoms with Crippen molar-refractivity contribution in [3.05, 3.63) is 84.4 Å². The Hall–Kier alpha value is -5.21. The fourth-order valence-corrected chi connectivity index (χ4v) is 6.06. The molecular formula is C27H22N10O2S2. The van der Waals surface area contributed by atoms with Gasteiger partial charge in [-0.15, -0.1) is 25.9 Å². The number of nitrogens with one attached hydrogen (secondary N) is 2. The van der Waals surface area contributed by atoms with Crippen molar-refractivity contribution in [2.45, 2.75) is 11.8 Å². The van der Waals surface area contributed by atoms with Crippen molar-refractivity contribution in [1.82, 2.24) is 25.4 Å². The molecular weight excluding hydrogens is 560 g/mol. The van der Waals surface area contributed by atoms with Crippen LogP contribution in [0, 0.1) is 6.92 Å². The van der Waals surface area contributed by atoms with Crippen LogP contribution in [0.3, 0.4) is 0 Å². The normalized spacial score (nSPS) is 11.4. The lowest BCUT2D eigenvalue weighted by Crippen LogP contribution is -2.24. The molecule has 3 aromatic carbocycles. The number of anilines is 4. The standard InChI is InChI=1S/C27H22N10O2S2/c1-15-7-9-18(10-8-15)31-27-32-21(16-5-3-2-4-6-16)20-22-23(40-25(20)33-27)24(35-37-34-22)30-17-11-13-19(14-12-17)41(38,39)36-26(28)29/h2-14H,1H3,(H4,28,29,36)(H,30,34,35)(H,31,32,33). The molecule has 0 amide bonds. The van der Waals surface area contributed by atoms with Crippen LogP contribution in [0.1, 0.15) is 5.56 Å². The zero-order valence-corrected chi connectivity index (χ0v) is 23.1. The second-order valence-electron chi connectivity index (χ2n) is 8.99. The van der Waals surface area contributed by atoms with E-state index in [1.165, 1.54) is 23.5 Å². The Morgan fingerprint density at radius 2 is 1.54 bits per heavy atom. The van der Waals surface area contributed by atoms with Crippen LogP contribution in [0.25, 0.3) is 31.7 Å². The van der Waals surface area contributed by atoms with Gasteiger partial charge in [0, 0.05) is 16.9 Å². The van der Waals surface area contributed by atoms with Gasteiger partial charge in [-0.1, -0.05) is 48.0 Å². The highest BCUT2D eigenvalue weighted by Gasteiger charge is 2.20. The number of sulfonamides is 1. The zero-order valence-electron chi connectivity index (χ0n) is 21.5. The fourth-order valence-electron chi connectivity index (χ4n) is 4.15. The molecule has 0 atom stereocenters. The largest absolute Gasteiger partial charge is 0.369 e. The highest BCUT2D eigenvalue weighted by atomic mass is 32.2. The highest BCUT2D eigenvalue weighted by Crippen LogP contribution is 2.40. The monoisotopic (exact) mass is 582 g/mol. The molecule has 14 heteroatoms. The molecule has 0 saturated carbocycles. The molecule has 3 heterocycles. The lowest BCUT2D eigenvalue weighted by atomic mass is 10.1. The van der Waals surface area contributed by atoms with Crippen LogP contribution in [0.15, 0.2) is 88.2 Å². The van der Waals surface area contributed by atoms with E-state index in [4.69, 9.17) is 21.4 Å². The maximum absolute atomic E-state index is 12.3. The van der Waals surface area contributed by atoms with Gasteiger partial charge in [0.1, 0.15) is 15.0 Å². The van der Waals surface area contributed by atoms with Gasteiger partial charge in [0.25, 0.3) is 10.0 Å². The van der Waals surface area contributed by atoms with E-state index in [-0.39, 0.29) is 4.90 Å². The molecule has 6 N–H and O–H groups in total. The first kappa shape index (κ1) is 26.0. The van der Waals surface area contributed by atoms with Crippen LogP contribution < -0.4 is 22.1 Å². The number of hydrogen-bond acceptors (Lipinski definition) is 10. The van der Waals surface area contributed by atoms with E-state index in [1.807, 2.05) is 61.5 Å². The molecule has 3 aromatic heterocycles. The van der Waals surface area contributed by atoms with Gasteiger partial charge in [-0.25, -0.2) is 9.97 Å². The van der Waals surface area contributed by atoms with E-state index >= 15 is 0 Å². The summed E-state index contributed by atoms with van der Waals surface area (Å²) in [5.41, 5.74) is 15.3. The van der Waals surface area contributed by atoms with Crippen molar-refractivity contribution in [2.75, 3.05) is 10.6 Å². The predicted octanol–water partition coefficient (Wildman–Crippen LogP) is 4.45. The summed E-state index contributed by atoms with van der Waals surface area (Å²) in [6, 6.07) is 23.7. The fraction of sp³-hybridized carbons (Fsp3) is 0.0370. The molecule has 0 aliphatic rings. The summed E-state index contributed by atoms with van der Waals surface area (Å²) >= 11 is 1.40. The van der Waals surface area contributed by atoms with E-state index in [2.05, 4.69) is 30.4 Å². The first-order valence-corrected chi connectivity index (χ1v) is 14.5. The average molecular weight is 583 g/mol. The molecule has 12 nitrogen and oxygen atoms in total. The number of aromatic nitrogens is 5. The molecule has 41 heavy (non-hydrogen) atoms. The van der Waals surface area contributed by atoms with Crippen LogP contribution >= 0.6 is 11.3 Å². The average Bonchev–Trinajstić information content (AvgIpc) is 3.33. The summed E-state index contributed by atoms with van der Waals surface area (Å²) in [6.45, 7) is 2.03. The molecule has 0 fully saturated rings. The SMILES string of the molecule is Cc1ccc(Nc2nc(-c3ccccc3)c3c(n2)sc2c(Nc4ccc(S(=O)(=O)N=C(N)N)cc4)nnnc23)cc1. The van der Waals surface area contributed by atoms with Gasteiger partial charge in [0.05, 0.1) is 16.0 Å². The number of nitrogens with two attached hydrogens (primary N) is 2. The molecule has 0 saturated heterocycles. The third-order valence-electron chi connectivity index (χ3n) is 6.03. The second kappa shape index (κ2) is 10.4. The molecule has 6 aromatic rings. The summed E-state index contributed by atoms with van der Waals surface area (Å²) in [5.74, 6) is 0.339. The molecule has 0 aliphatic heterocycles. The third kappa shape index (κ3) is 5.33. The minimum atomic E-state index is -4.01. The first-order chi connectivity index (χ1) is 19.8. The number of guanidine groups is 1. The third-order valence-corrected chi connectivity index (χ3v) is 8.43. The number of benzene rings is 3. The topological polar surface area (TPSA) is 187 Å². The zero-order chi connectivity index (χ0) is 28.6. The summed E-state index contributed by atoms with van der Waals surface area (Å²) < 4.78 is 28.6. The lowest BCUT2D eigenvalue weighted by molar-refractivity contribution is 0.598. The number of nitrogens with zero attached hydrogens (tertiary/aromatic N) is 6. The van der Waals surface area contributed by atoms with Gasteiger partial charge < -0.3 is 22.1 Å². The lowest BCUT2D eigenvalue weighted by Gasteiger charge is -2.09. The van der Waals surface area contributed by atoms with Gasteiger partial charge in [-0.2, -0.15) is 8.42 Å². The Labute approximate surface area is 238 Å². The van der Waals surface area contributed by atoms with Crippen LogP contribution in [0.5, 0.6) is 0 Å². The van der Waals surface area contributed by atoms with Crippen molar-refractivity contribution >= 4 is 70.9 Å². The Kier molecular flexibility index (Phi) is 6.61.